The summed E-state index contributed by atoms with van der Waals surface area (Å²) in [6.45, 7) is 8.48. The number of ether oxygens (including phenoxy) is 1. The van der Waals surface area contributed by atoms with Crippen LogP contribution >= 0.6 is 0 Å². The van der Waals surface area contributed by atoms with Crippen LogP contribution in [0.1, 0.15) is 46.7 Å². The van der Waals surface area contributed by atoms with Gasteiger partial charge in [-0.25, -0.2) is 4.98 Å². The molecule has 150 valence electrons. The third-order valence-electron chi connectivity index (χ3n) is 6.82. The van der Waals surface area contributed by atoms with Crippen molar-refractivity contribution < 1.29 is 14.9 Å². The van der Waals surface area contributed by atoms with Crippen molar-refractivity contribution in [3.8, 4) is 11.4 Å². The Morgan fingerprint density at radius 2 is 2.00 bits per heavy atom. The number of aryl methyl sites for hydroxylation is 3. The zero-order valence-electron chi connectivity index (χ0n) is 17.0. The second kappa shape index (κ2) is 5.98. The molecule has 29 heavy (non-hydrogen) atoms. The zero-order valence-corrected chi connectivity index (χ0v) is 17.0. The van der Waals surface area contributed by atoms with E-state index in [-0.39, 0.29) is 18.6 Å². The summed E-state index contributed by atoms with van der Waals surface area (Å²) in [5, 5.41) is 22.4. The van der Waals surface area contributed by atoms with Gasteiger partial charge in [0.05, 0.1) is 30.1 Å². The molecule has 0 saturated carbocycles. The first kappa shape index (κ1) is 18.5. The maximum absolute atomic E-state index is 13.3. The van der Waals surface area contributed by atoms with Crippen LogP contribution in [0.2, 0.25) is 0 Å². The van der Waals surface area contributed by atoms with Gasteiger partial charge in [-0.05, 0) is 56.0 Å². The van der Waals surface area contributed by atoms with Crippen LogP contribution in [0.25, 0.3) is 22.3 Å². The van der Waals surface area contributed by atoms with Crippen LogP contribution in [0.5, 0.6) is 0 Å². The molecular weight excluding hydrogens is 368 g/mol. The zero-order chi connectivity index (χ0) is 20.7. The molecule has 2 aliphatic rings. The minimum atomic E-state index is -1.61. The highest BCUT2D eigenvalue weighted by Crippen LogP contribution is 2.41. The Labute approximate surface area is 168 Å². The Morgan fingerprint density at radius 3 is 2.72 bits per heavy atom. The van der Waals surface area contributed by atoms with Crippen LogP contribution in [-0.2, 0) is 23.5 Å². The third kappa shape index (κ3) is 2.28. The van der Waals surface area contributed by atoms with E-state index in [9.17, 15) is 15.0 Å². The highest BCUT2D eigenvalue weighted by atomic mass is 16.6. The molecule has 1 aromatic carbocycles. The first-order valence-electron chi connectivity index (χ1n) is 9.97. The van der Waals surface area contributed by atoms with Gasteiger partial charge in [0.2, 0.25) is 0 Å². The normalized spacial score (nSPS) is 22.5. The second-order valence-electron chi connectivity index (χ2n) is 8.22. The number of nitrogens with zero attached hydrogens (tertiary/aromatic N) is 2. The minimum Gasteiger partial charge on any atom is -0.380 e. The molecular formula is C23H24N2O4. The molecule has 0 aliphatic carbocycles. The molecule has 2 N–H and O–H groups in total. The molecule has 2 aromatic heterocycles. The lowest BCUT2D eigenvalue weighted by atomic mass is 9.85. The minimum absolute atomic E-state index is 0.0129. The molecule has 0 spiro atoms. The Bertz CT molecular complexity index is 1260. The Morgan fingerprint density at radius 1 is 1.24 bits per heavy atom. The van der Waals surface area contributed by atoms with Gasteiger partial charge in [0.15, 0.2) is 6.29 Å². The van der Waals surface area contributed by atoms with Crippen molar-refractivity contribution in [3.05, 3.63) is 61.9 Å². The lowest BCUT2D eigenvalue weighted by molar-refractivity contribution is -0.236. The summed E-state index contributed by atoms with van der Waals surface area (Å²) in [5.74, 6) is 0. The van der Waals surface area contributed by atoms with Gasteiger partial charge in [-0.1, -0.05) is 13.0 Å². The number of pyridine rings is 2. The molecule has 1 unspecified atom stereocenters. The molecule has 0 amide bonds. The SMILES string of the molecule is CC[C@]1(O)c2cc3n(c(=O)c2COC1O)Cc1c-3nc2ccc(C)c(C)c2c1C. The molecule has 6 heteroatoms. The van der Waals surface area contributed by atoms with E-state index in [4.69, 9.17) is 9.72 Å². The van der Waals surface area contributed by atoms with Crippen molar-refractivity contribution in [1.82, 2.24) is 9.55 Å². The molecule has 4 heterocycles. The van der Waals surface area contributed by atoms with Crippen LogP contribution in [0.4, 0.5) is 0 Å². The van der Waals surface area contributed by atoms with Crippen LogP contribution in [0.3, 0.4) is 0 Å². The Kier molecular flexibility index (Phi) is 3.81. The molecule has 0 radical (unpaired) electrons. The second-order valence-corrected chi connectivity index (χ2v) is 8.22. The van der Waals surface area contributed by atoms with Gasteiger partial charge in [0.1, 0.15) is 5.60 Å². The number of aliphatic hydroxyl groups excluding tert-OH is 1. The highest BCUT2D eigenvalue weighted by Gasteiger charge is 2.44. The molecule has 3 aromatic rings. The molecule has 2 atom stereocenters. The number of fused-ring (bicyclic) bond motifs is 5. The van der Waals surface area contributed by atoms with Crippen molar-refractivity contribution >= 4 is 10.9 Å². The number of benzene rings is 1. The van der Waals surface area contributed by atoms with Crippen LogP contribution in [0.15, 0.2) is 23.0 Å². The predicted octanol–water partition coefficient (Wildman–Crippen LogP) is 2.80. The summed E-state index contributed by atoms with van der Waals surface area (Å²) >= 11 is 0. The lowest BCUT2D eigenvalue weighted by Gasteiger charge is -2.37. The van der Waals surface area contributed by atoms with Gasteiger partial charge in [-0.15, -0.1) is 0 Å². The fraction of sp³-hybridized carbons (Fsp3) is 0.391. The Balaban J connectivity index is 1.83. The van der Waals surface area contributed by atoms with Crippen molar-refractivity contribution in [2.45, 2.75) is 59.2 Å². The highest BCUT2D eigenvalue weighted by molar-refractivity contribution is 5.91. The number of aliphatic hydroxyl groups is 2. The fourth-order valence-electron chi connectivity index (χ4n) is 4.81. The number of aromatic nitrogens is 2. The molecule has 2 aliphatic heterocycles. The third-order valence-corrected chi connectivity index (χ3v) is 6.82. The fourth-order valence-corrected chi connectivity index (χ4v) is 4.81. The summed E-state index contributed by atoms with van der Waals surface area (Å²) < 4.78 is 7.03. The van der Waals surface area contributed by atoms with Crippen LogP contribution in [-0.4, -0.2) is 26.1 Å². The first-order valence-corrected chi connectivity index (χ1v) is 9.97. The maximum atomic E-state index is 13.3. The van der Waals surface area contributed by atoms with E-state index < -0.39 is 11.9 Å². The first-order chi connectivity index (χ1) is 13.8. The average molecular weight is 392 g/mol. The van der Waals surface area contributed by atoms with Gasteiger partial charge in [0, 0.05) is 22.1 Å². The number of hydrogen-bond acceptors (Lipinski definition) is 5. The van der Waals surface area contributed by atoms with Gasteiger partial charge < -0.3 is 19.5 Å². The average Bonchev–Trinajstić information content (AvgIpc) is 3.08. The molecule has 5 rings (SSSR count). The summed E-state index contributed by atoms with van der Waals surface area (Å²) in [4.78, 5) is 18.2. The van der Waals surface area contributed by atoms with Gasteiger partial charge >= 0.3 is 0 Å². The van der Waals surface area contributed by atoms with E-state index >= 15 is 0 Å². The summed E-state index contributed by atoms with van der Waals surface area (Å²) in [6.07, 6.45) is -1.13. The Hall–Kier alpha value is -2.54. The van der Waals surface area contributed by atoms with Crippen molar-refractivity contribution in [3.63, 3.8) is 0 Å². The van der Waals surface area contributed by atoms with E-state index in [1.807, 2.05) is 12.1 Å². The van der Waals surface area contributed by atoms with Gasteiger partial charge in [0.25, 0.3) is 5.56 Å². The monoisotopic (exact) mass is 392 g/mol. The lowest BCUT2D eigenvalue weighted by Crippen LogP contribution is -2.47. The largest absolute Gasteiger partial charge is 0.380 e. The van der Waals surface area contributed by atoms with E-state index in [0.717, 1.165) is 27.7 Å². The van der Waals surface area contributed by atoms with Crippen LogP contribution in [0, 0.1) is 20.8 Å². The number of rotatable bonds is 1. The topological polar surface area (TPSA) is 84.6 Å². The quantitative estimate of drug-likeness (QED) is 0.520. The van der Waals surface area contributed by atoms with Crippen molar-refractivity contribution in [2.75, 3.05) is 0 Å². The van der Waals surface area contributed by atoms with E-state index in [1.165, 1.54) is 11.1 Å². The predicted molar refractivity (Wildman–Crippen MR) is 110 cm³/mol. The van der Waals surface area contributed by atoms with Crippen LogP contribution < -0.4 is 5.56 Å². The summed E-state index contributed by atoms with van der Waals surface area (Å²) in [7, 11) is 0. The molecule has 6 nitrogen and oxygen atoms in total. The smallest absolute Gasteiger partial charge is 0.257 e. The van der Waals surface area contributed by atoms with E-state index in [0.29, 0.717) is 23.4 Å². The van der Waals surface area contributed by atoms with E-state index in [2.05, 4.69) is 26.8 Å². The summed E-state index contributed by atoms with van der Waals surface area (Å²) in [5.41, 5.74) is 6.01. The molecule has 0 saturated heterocycles. The van der Waals surface area contributed by atoms with E-state index in [1.54, 1.807) is 11.5 Å². The maximum Gasteiger partial charge on any atom is 0.257 e. The summed E-state index contributed by atoms with van der Waals surface area (Å²) in [6, 6.07) is 5.90. The van der Waals surface area contributed by atoms with Gasteiger partial charge in [-0.2, -0.15) is 0 Å². The van der Waals surface area contributed by atoms with Crippen molar-refractivity contribution in [1.29, 1.82) is 0 Å². The standard InChI is InChI=1S/C23H24N2O4/c1-5-23(28)16-8-18-20-14(9-25(18)21(26)15(16)10-29-22(23)27)13(4)19-12(3)11(2)6-7-17(19)24-20/h6-8,22,27-28H,5,9-10H2,1-4H3/t22?,23-/m0/s1. The van der Waals surface area contributed by atoms with Crippen molar-refractivity contribution in [2.24, 2.45) is 0 Å². The molecule has 0 fully saturated rings. The molecule has 0 bridgehead atoms. The number of hydrogen-bond donors (Lipinski definition) is 2. The van der Waals surface area contributed by atoms with Gasteiger partial charge in [-0.3, -0.25) is 4.79 Å².